The van der Waals surface area contributed by atoms with Gasteiger partial charge in [0, 0.05) is 31.9 Å². The van der Waals surface area contributed by atoms with Crippen LogP contribution in [0.1, 0.15) is 5.56 Å². The summed E-state index contributed by atoms with van der Waals surface area (Å²) in [6.45, 7) is -0.0153. The Bertz CT molecular complexity index is 345. The number of benzene rings is 1. The summed E-state index contributed by atoms with van der Waals surface area (Å²) in [6.07, 6.45) is 0.618. The first-order valence-corrected chi connectivity index (χ1v) is 5.29. The van der Waals surface area contributed by atoms with E-state index in [2.05, 4.69) is 0 Å². The molecule has 0 aromatic heterocycles. The zero-order valence-corrected chi connectivity index (χ0v) is 11.3. The van der Waals surface area contributed by atoms with Crippen molar-refractivity contribution in [3.63, 3.8) is 0 Å². The van der Waals surface area contributed by atoms with Crippen molar-refractivity contribution in [3.05, 3.63) is 23.8 Å². The first-order valence-electron chi connectivity index (χ1n) is 5.29. The molecule has 0 aliphatic rings. The van der Waals surface area contributed by atoms with Crippen LogP contribution in [0.3, 0.4) is 0 Å². The van der Waals surface area contributed by atoms with E-state index in [-0.39, 0.29) is 25.1 Å². The summed E-state index contributed by atoms with van der Waals surface area (Å²) in [5.74, 6) is 0.815. The number of anilines is 1. The molecule has 0 spiro atoms. The number of ether oxygens (including phenoxy) is 1. The second-order valence-corrected chi connectivity index (χ2v) is 4.04. The molecule has 0 heterocycles. The number of hydrogen-bond donors (Lipinski definition) is 2. The van der Waals surface area contributed by atoms with Gasteiger partial charge in [-0.3, -0.25) is 0 Å². The Morgan fingerprint density at radius 3 is 2.53 bits per heavy atom. The van der Waals surface area contributed by atoms with Gasteiger partial charge in [0.05, 0.1) is 13.7 Å². The number of hydrogen-bond acceptors (Lipinski definition) is 4. The molecule has 0 saturated carbocycles. The van der Waals surface area contributed by atoms with E-state index >= 15 is 0 Å². The van der Waals surface area contributed by atoms with E-state index in [1.54, 1.807) is 7.11 Å². The van der Waals surface area contributed by atoms with Gasteiger partial charge >= 0.3 is 0 Å². The van der Waals surface area contributed by atoms with E-state index in [4.69, 9.17) is 15.6 Å². The van der Waals surface area contributed by atoms with E-state index in [0.717, 1.165) is 17.0 Å². The zero-order chi connectivity index (χ0) is 12.1. The predicted molar refractivity (Wildman–Crippen MR) is 73.3 cm³/mol. The molecular formula is C12H21ClN2O2. The van der Waals surface area contributed by atoms with Gasteiger partial charge in [-0.2, -0.15) is 0 Å². The van der Waals surface area contributed by atoms with Crippen LogP contribution < -0.4 is 15.4 Å². The molecule has 0 fully saturated rings. The quantitative estimate of drug-likeness (QED) is 0.831. The van der Waals surface area contributed by atoms with Crippen molar-refractivity contribution in [2.24, 2.45) is 5.73 Å². The van der Waals surface area contributed by atoms with Gasteiger partial charge in [0.15, 0.2) is 0 Å². The first-order chi connectivity index (χ1) is 7.58. The summed E-state index contributed by atoms with van der Waals surface area (Å²) in [7, 11) is 5.60. The number of methoxy groups -OCH3 is 1. The molecule has 1 atom stereocenters. The van der Waals surface area contributed by atoms with Crippen LogP contribution >= 0.6 is 12.4 Å². The maximum Gasteiger partial charge on any atom is 0.124 e. The molecule has 17 heavy (non-hydrogen) atoms. The maximum atomic E-state index is 8.93. The number of nitrogens with zero attached hydrogens (tertiary/aromatic N) is 1. The Balaban J connectivity index is 0.00000256. The Morgan fingerprint density at radius 1 is 1.41 bits per heavy atom. The maximum absolute atomic E-state index is 8.93. The SMILES string of the molecule is COc1cc(N(C)C)ccc1CC(N)CO.Cl. The van der Waals surface area contributed by atoms with Crippen LogP contribution in [-0.2, 0) is 6.42 Å². The van der Waals surface area contributed by atoms with Crippen LogP contribution in [0.4, 0.5) is 5.69 Å². The molecule has 4 nitrogen and oxygen atoms in total. The monoisotopic (exact) mass is 260 g/mol. The Labute approximate surface area is 109 Å². The molecule has 3 N–H and O–H groups in total. The van der Waals surface area contributed by atoms with Crippen molar-refractivity contribution in [2.45, 2.75) is 12.5 Å². The van der Waals surface area contributed by atoms with Gasteiger partial charge < -0.3 is 20.5 Å². The average Bonchev–Trinajstić information content (AvgIpc) is 2.29. The summed E-state index contributed by atoms with van der Waals surface area (Å²) >= 11 is 0. The average molecular weight is 261 g/mol. The lowest BCUT2D eigenvalue weighted by Crippen LogP contribution is -2.27. The van der Waals surface area contributed by atoms with E-state index in [0.29, 0.717) is 6.42 Å². The van der Waals surface area contributed by atoms with Crippen LogP contribution in [-0.4, -0.2) is 39.0 Å². The van der Waals surface area contributed by atoms with Gasteiger partial charge in [-0.25, -0.2) is 0 Å². The van der Waals surface area contributed by atoms with Crippen molar-refractivity contribution >= 4 is 18.1 Å². The van der Waals surface area contributed by atoms with Crippen molar-refractivity contribution in [1.82, 2.24) is 0 Å². The lowest BCUT2D eigenvalue weighted by atomic mass is 10.1. The van der Waals surface area contributed by atoms with Gasteiger partial charge in [0.1, 0.15) is 5.75 Å². The number of halogens is 1. The zero-order valence-electron chi connectivity index (χ0n) is 10.5. The minimum Gasteiger partial charge on any atom is -0.496 e. The normalized spacial score (nSPS) is 11.6. The van der Waals surface area contributed by atoms with E-state index in [1.165, 1.54) is 0 Å². The molecule has 1 aromatic carbocycles. The number of aliphatic hydroxyl groups excluding tert-OH is 1. The lowest BCUT2D eigenvalue weighted by molar-refractivity contribution is 0.264. The highest BCUT2D eigenvalue weighted by Crippen LogP contribution is 2.25. The summed E-state index contributed by atoms with van der Waals surface area (Å²) < 4.78 is 5.32. The van der Waals surface area contributed by atoms with E-state index in [1.807, 2.05) is 37.2 Å². The number of nitrogens with two attached hydrogens (primary N) is 1. The molecule has 1 aromatic rings. The third-order valence-electron chi connectivity index (χ3n) is 2.50. The number of aliphatic hydroxyl groups is 1. The van der Waals surface area contributed by atoms with E-state index < -0.39 is 0 Å². The van der Waals surface area contributed by atoms with Crippen molar-refractivity contribution in [3.8, 4) is 5.75 Å². The molecule has 5 heteroatoms. The molecule has 0 aliphatic heterocycles. The predicted octanol–water partition coefficient (Wildman–Crippen LogP) is 1.05. The minimum absolute atomic E-state index is 0. The Hall–Kier alpha value is -0.970. The molecule has 0 radical (unpaired) electrons. The summed E-state index contributed by atoms with van der Waals surface area (Å²) in [6, 6.07) is 5.74. The minimum atomic E-state index is -0.237. The standard InChI is InChI=1S/C12H20N2O2.ClH/c1-14(2)11-5-4-9(6-10(13)8-15)12(7-11)16-3;/h4-5,7,10,15H,6,8,13H2,1-3H3;1H. The highest BCUT2D eigenvalue weighted by atomic mass is 35.5. The third-order valence-corrected chi connectivity index (χ3v) is 2.50. The van der Waals surface area contributed by atoms with Crippen LogP contribution in [0.2, 0.25) is 0 Å². The molecular weight excluding hydrogens is 240 g/mol. The summed E-state index contributed by atoms with van der Waals surface area (Å²) in [5, 5.41) is 8.93. The molecule has 98 valence electrons. The van der Waals surface area contributed by atoms with E-state index in [9.17, 15) is 0 Å². The van der Waals surface area contributed by atoms with Crippen molar-refractivity contribution < 1.29 is 9.84 Å². The van der Waals surface area contributed by atoms with Crippen LogP contribution in [0.25, 0.3) is 0 Å². The van der Waals surface area contributed by atoms with Crippen LogP contribution in [0.15, 0.2) is 18.2 Å². The fourth-order valence-electron chi connectivity index (χ4n) is 1.53. The smallest absolute Gasteiger partial charge is 0.124 e. The molecule has 1 unspecified atom stereocenters. The largest absolute Gasteiger partial charge is 0.496 e. The first kappa shape index (κ1) is 16.0. The summed E-state index contributed by atoms with van der Waals surface area (Å²) in [5.41, 5.74) is 7.81. The van der Waals surface area contributed by atoms with Crippen molar-refractivity contribution in [1.29, 1.82) is 0 Å². The highest BCUT2D eigenvalue weighted by Gasteiger charge is 2.09. The summed E-state index contributed by atoms with van der Waals surface area (Å²) in [4.78, 5) is 2.01. The third kappa shape index (κ3) is 4.42. The van der Waals surface area contributed by atoms with Gasteiger partial charge in [-0.15, -0.1) is 12.4 Å². The number of rotatable bonds is 5. The van der Waals surface area contributed by atoms with Crippen LogP contribution in [0, 0.1) is 0 Å². The fourth-order valence-corrected chi connectivity index (χ4v) is 1.53. The van der Waals surface area contributed by atoms with Gasteiger partial charge in [-0.05, 0) is 18.1 Å². The fraction of sp³-hybridized carbons (Fsp3) is 0.500. The van der Waals surface area contributed by atoms with Gasteiger partial charge in [-0.1, -0.05) is 6.07 Å². The second kappa shape index (κ2) is 7.37. The lowest BCUT2D eigenvalue weighted by Gasteiger charge is -2.17. The highest BCUT2D eigenvalue weighted by molar-refractivity contribution is 5.85. The Morgan fingerprint density at radius 2 is 2.06 bits per heavy atom. The molecule has 0 amide bonds. The second-order valence-electron chi connectivity index (χ2n) is 4.04. The topological polar surface area (TPSA) is 58.7 Å². The van der Waals surface area contributed by atoms with Crippen molar-refractivity contribution in [2.75, 3.05) is 32.7 Å². The van der Waals surface area contributed by atoms with Gasteiger partial charge in [0.2, 0.25) is 0 Å². The Kier molecular flexibility index (Phi) is 6.95. The van der Waals surface area contributed by atoms with Gasteiger partial charge in [0.25, 0.3) is 0 Å². The molecule has 0 bridgehead atoms. The molecule has 0 saturated heterocycles. The molecule has 0 aliphatic carbocycles. The molecule has 1 rings (SSSR count). The van der Waals surface area contributed by atoms with Crippen LogP contribution in [0.5, 0.6) is 5.75 Å².